The van der Waals surface area contributed by atoms with Crippen LogP contribution in [0.1, 0.15) is 45.2 Å². The first-order valence-electron chi connectivity index (χ1n) is 7.66. The molecule has 1 aromatic heterocycles. The molecule has 1 unspecified atom stereocenters. The van der Waals surface area contributed by atoms with E-state index in [0.717, 1.165) is 11.2 Å². The number of benzene rings is 1. The summed E-state index contributed by atoms with van der Waals surface area (Å²) in [6.07, 6.45) is 5.20. The van der Waals surface area contributed by atoms with Crippen molar-refractivity contribution < 1.29 is 0 Å². The summed E-state index contributed by atoms with van der Waals surface area (Å²) in [5, 5.41) is 5.02. The van der Waals surface area contributed by atoms with E-state index in [2.05, 4.69) is 61.4 Å². The second-order valence-electron chi connectivity index (χ2n) is 6.93. The molecule has 2 nitrogen and oxygen atoms in total. The SMILES string of the molecule is Cc1cc(NC2CCCC(C)(C)C2)c2ccccc2n1. The van der Waals surface area contributed by atoms with Gasteiger partial charge < -0.3 is 5.32 Å². The Hall–Kier alpha value is -1.57. The third kappa shape index (κ3) is 2.79. The lowest BCUT2D eigenvalue weighted by atomic mass is 9.75. The first-order chi connectivity index (χ1) is 9.53. The first-order valence-corrected chi connectivity index (χ1v) is 7.66. The lowest BCUT2D eigenvalue weighted by molar-refractivity contribution is 0.229. The van der Waals surface area contributed by atoms with Crippen molar-refractivity contribution in [2.45, 2.75) is 52.5 Å². The molecule has 1 N–H and O–H groups in total. The molecule has 106 valence electrons. The van der Waals surface area contributed by atoms with Crippen LogP contribution in [-0.2, 0) is 0 Å². The van der Waals surface area contributed by atoms with Crippen molar-refractivity contribution in [1.29, 1.82) is 0 Å². The molecule has 1 aliphatic rings. The van der Waals surface area contributed by atoms with E-state index in [-0.39, 0.29) is 0 Å². The van der Waals surface area contributed by atoms with Crippen molar-refractivity contribution in [3.8, 4) is 0 Å². The van der Waals surface area contributed by atoms with Gasteiger partial charge in [-0.2, -0.15) is 0 Å². The number of aryl methyl sites for hydroxylation is 1. The summed E-state index contributed by atoms with van der Waals surface area (Å²) in [6, 6.07) is 11.2. The topological polar surface area (TPSA) is 24.9 Å². The Bertz CT molecular complexity index is 616. The molecule has 0 radical (unpaired) electrons. The normalized spacial score (nSPS) is 21.9. The maximum Gasteiger partial charge on any atom is 0.0725 e. The van der Waals surface area contributed by atoms with E-state index >= 15 is 0 Å². The number of para-hydroxylation sites is 1. The first kappa shape index (κ1) is 13.4. The quantitative estimate of drug-likeness (QED) is 0.836. The van der Waals surface area contributed by atoms with Gasteiger partial charge in [0, 0.05) is 22.8 Å². The highest BCUT2D eigenvalue weighted by Gasteiger charge is 2.28. The molecule has 0 bridgehead atoms. The van der Waals surface area contributed by atoms with Crippen LogP contribution in [0.25, 0.3) is 10.9 Å². The highest BCUT2D eigenvalue weighted by atomic mass is 14.9. The Morgan fingerprint density at radius 2 is 2.05 bits per heavy atom. The molecule has 20 heavy (non-hydrogen) atoms. The van der Waals surface area contributed by atoms with E-state index < -0.39 is 0 Å². The minimum Gasteiger partial charge on any atom is -0.382 e. The highest BCUT2D eigenvalue weighted by molar-refractivity contribution is 5.91. The van der Waals surface area contributed by atoms with Crippen molar-refractivity contribution in [2.24, 2.45) is 5.41 Å². The van der Waals surface area contributed by atoms with Gasteiger partial charge in [0.15, 0.2) is 0 Å². The largest absolute Gasteiger partial charge is 0.382 e. The van der Waals surface area contributed by atoms with Crippen LogP contribution < -0.4 is 5.32 Å². The average Bonchev–Trinajstić information content (AvgIpc) is 2.37. The van der Waals surface area contributed by atoms with Crippen molar-refractivity contribution in [3.05, 3.63) is 36.0 Å². The van der Waals surface area contributed by atoms with Crippen molar-refractivity contribution in [2.75, 3.05) is 5.32 Å². The van der Waals surface area contributed by atoms with Crippen LogP contribution in [0.15, 0.2) is 30.3 Å². The Morgan fingerprint density at radius 1 is 1.25 bits per heavy atom. The molecule has 2 aromatic rings. The summed E-state index contributed by atoms with van der Waals surface area (Å²) < 4.78 is 0. The Morgan fingerprint density at radius 3 is 2.85 bits per heavy atom. The van der Waals surface area contributed by atoms with Crippen LogP contribution in [-0.4, -0.2) is 11.0 Å². The lowest BCUT2D eigenvalue weighted by Gasteiger charge is -2.36. The summed E-state index contributed by atoms with van der Waals surface area (Å²) >= 11 is 0. The predicted molar refractivity (Wildman–Crippen MR) is 86.1 cm³/mol. The molecule has 1 saturated carbocycles. The van der Waals surface area contributed by atoms with Crippen LogP contribution in [0.4, 0.5) is 5.69 Å². The number of anilines is 1. The third-order valence-electron chi connectivity index (χ3n) is 4.41. The summed E-state index contributed by atoms with van der Waals surface area (Å²) in [7, 11) is 0. The summed E-state index contributed by atoms with van der Waals surface area (Å²) in [6.45, 7) is 6.84. The van der Waals surface area contributed by atoms with Crippen molar-refractivity contribution >= 4 is 16.6 Å². The standard InChI is InChI=1S/C18H24N2/c1-13-11-17(15-8-4-5-9-16(15)19-13)20-14-7-6-10-18(2,3)12-14/h4-5,8-9,11,14H,6-7,10,12H2,1-3H3,(H,19,20). The number of nitrogens with zero attached hydrogens (tertiary/aromatic N) is 1. The van der Waals surface area contributed by atoms with Crippen LogP contribution >= 0.6 is 0 Å². The minimum atomic E-state index is 0.466. The Kier molecular flexibility index (Phi) is 3.41. The van der Waals surface area contributed by atoms with E-state index in [0.29, 0.717) is 11.5 Å². The zero-order valence-corrected chi connectivity index (χ0v) is 12.7. The zero-order chi connectivity index (χ0) is 14.2. The van der Waals surface area contributed by atoms with Gasteiger partial charge in [-0.25, -0.2) is 0 Å². The van der Waals surface area contributed by atoms with Gasteiger partial charge in [-0.3, -0.25) is 4.98 Å². The van der Waals surface area contributed by atoms with E-state index in [1.807, 2.05) is 0 Å². The van der Waals surface area contributed by atoms with Crippen LogP contribution in [0.5, 0.6) is 0 Å². The van der Waals surface area contributed by atoms with Gasteiger partial charge in [0.25, 0.3) is 0 Å². The monoisotopic (exact) mass is 268 g/mol. The Labute approximate surface area is 121 Å². The van der Waals surface area contributed by atoms with Crippen LogP contribution in [0, 0.1) is 12.3 Å². The second-order valence-corrected chi connectivity index (χ2v) is 6.93. The van der Waals surface area contributed by atoms with Crippen LogP contribution in [0.2, 0.25) is 0 Å². The number of fused-ring (bicyclic) bond motifs is 1. The van der Waals surface area contributed by atoms with Gasteiger partial charge in [0.2, 0.25) is 0 Å². The molecule has 1 atom stereocenters. The van der Waals surface area contributed by atoms with Gasteiger partial charge in [0.05, 0.1) is 5.52 Å². The fourth-order valence-corrected chi connectivity index (χ4v) is 3.47. The molecular formula is C18H24N2. The molecule has 1 fully saturated rings. The smallest absolute Gasteiger partial charge is 0.0725 e. The van der Waals surface area contributed by atoms with Gasteiger partial charge in [-0.15, -0.1) is 0 Å². The van der Waals surface area contributed by atoms with E-state index in [1.54, 1.807) is 0 Å². The molecule has 0 amide bonds. The zero-order valence-electron chi connectivity index (χ0n) is 12.7. The van der Waals surface area contributed by atoms with Gasteiger partial charge in [0.1, 0.15) is 0 Å². The van der Waals surface area contributed by atoms with Gasteiger partial charge in [-0.05, 0) is 43.7 Å². The van der Waals surface area contributed by atoms with Gasteiger partial charge >= 0.3 is 0 Å². The number of hydrogen-bond acceptors (Lipinski definition) is 2. The molecule has 3 rings (SSSR count). The third-order valence-corrected chi connectivity index (χ3v) is 4.41. The number of pyridine rings is 1. The second kappa shape index (κ2) is 5.08. The van der Waals surface area contributed by atoms with E-state index in [4.69, 9.17) is 0 Å². The fourth-order valence-electron chi connectivity index (χ4n) is 3.47. The Balaban J connectivity index is 1.90. The number of nitrogens with one attached hydrogen (secondary N) is 1. The number of hydrogen-bond donors (Lipinski definition) is 1. The summed E-state index contributed by atoms with van der Waals surface area (Å²) in [5.74, 6) is 0. The van der Waals surface area contributed by atoms with E-state index in [1.165, 1.54) is 36.8 Å². The van der Waals surface area contributed by atoms with Crippen molar-refractivity contribution in [3.63, 3.8) is 0 Å². The van der Waals surface area contributed by atoms with Gasteiger partial charge in [-0.1, -0.05) is 38.5 Å². The number of rotatable bonds is 2. The molecule has 0 spiro atoms. The molecular weight excluding hydrogens is 244 g/mol. The maximum absolute atomic E-state index is 4.62. The van der Waals surface area contributed by atoms with E-state index in [9.17, 15) is 0 Å². The predicted octanol–water partition coefficient (Wildman–Crippen LogP) is 4.92. The van der Waals surface area contributed by atoms with Crippen molar-refractivity contribution in [1.82, 2.24) is 4.98 Å². The number of aromatic nitrogens is 1. The fraction of sp³-hybridized carbons (Fsp3) is 0.500. The molecule has 0 aliphatic heterocycles. The lowest BCUT2D eigenvalue weighted by Crippen LogP contribution is -2.31. The molecule has 1 heterocycles. The summed E-state index contributed by atoms with van der Waals surface area (Å²) in [5.41, 5.74) is 3.88. The van der Waals surface area contributed by atoms with Crippen LogP contribution in [0.3, 0.4) is 0 Å². The molecule has 1 aromatic carbocycles. The minimum absolute atomic E-state index is 0.466. The average molecular weight is 268 g/mol. The maximum atomic E-state index is 4.62. The molecule has 1 aliphatic carbocycles. The highest BCUT2D eigenvalue weighted by Crippen LogP contribution is 2.37. The summed E-state index contributed by atoms with van der Waals surface area (Å²) in [4.78, 5) is 4.62. The molecule has 0 saturated heterocycles. The molecule has 2 heteroatoms.